The average Bonchev–Trinajstić information content (AvgIpc) is 2.55. The molecule has 17 heavy (non-hydrogen) atoms. The van der Waals surface area contributed by atoms with Crippen LogP contribution in [0.2, 0.25) is 10.0 Å². The number of benzene rings is 1. The molecule has 0 saturated heterocycles. The lowest BCUT2D eigenvalue weighted by atomic mass is 10.3. The minimum atomic E-state index is 0.323. The Bertz CT molecular complexity index is 603. The number of hydrogen-bond donors (Lipinski definition) is 1. The summed E-state index contributed by atoms with van der Waals surface area (Å²) in [6.07, 6.45) is 2.08. The van der Waals surface area contributed by atoms with Gasteiger partial charge in [0.15, 0.2) is 4.77 Å². The third-order valence-corrected chi connectivity index (χ3v) is 4.44. The fourth-order valence-corrected chi connectivity index (χ4v) is 3.22. The highest BCUT2D eigenvalue weighted by atomic mass is 35.5. The van der Waals surface area contributed by atoms with E-state index in [1.54, 1.807) is 11.8 Å². The Labute approximate surface area is 119 Å². The SMILES string of the molecule is CSCC(C)n1c(=S)[nH]c2cc(Cl)c(Cl)cc21. The van der Waals surface area contributed by atoms with E-state index in [9.17, 15) is 0 Å². The van der Waals surface area contributed by atoms with Crippen molar-refractivity contribution in [3.63, 3.8) is 0 Å². The van der Waals surface area contributed by atoms with Gasteiger partial charge in [0, 0.05) is 11.8 Å². The number of aromatic nitrogens is 2. The highest BCUT2D eigenvalue weighted by Gasteiger charge is 2.12. The molecular formula is C11H12Cl2N2S2. The summed E-state index contributed by atoms with van der Waals surface area (Å²) in [7, 11) is 0. The smallest absolute Gasteiger partial charge is 0.178 e. The van der Waals surface area contributed by atoms with Crippen molar-refractivity contribution in [2.24, 2.45) is 0 Å². The molecular weight excluding hydrogens is 295 g/mol. The lowest BCUT2D eigenvalue weighted by molar-refractivity contribution is 0.620. The van der Waals surface area contributed by atoms with Crippen LogP contribution in [0.15, 0.2) is 12.1 Å². The van der Waals surface area contributed by atoms with Crippen molar-refractivity contribution in [3.8, 4) is 0 Å². The maximum atomic E-state index is 6.05. The lowest BCUT2D eigenvalue weighted by Crippen LogP contribution is -2.07. The Morgan fingerprint density at radius 3 is 2.71 bits per heavy atom. The quantitative estimate of drug-likeness (QED) is 0.812. The molecule has 2 aromatic rings. The normalized spacial score (nSPS) is 13.2. The zero-order valence-corrected chi connectivity index (χ0v) is 12.6. The summed E-state index contributed by atoms with van der Waals surface area (Å²) in [5.74, 6) is 1.00. The van der Waals surface area contributed by atoms with Crippen molar-refractivity contribution in [2.45, 2.75) is 13.0 Å². The number of fused-ring (bicyclic) bond motifs is 1. The number of H-pyrrole nitrogens is 1. The fraction of sp³-hybridized carbons (Fsp3) is 0.364. The van der Waals surface area contributed by atoms with Gasteiger partial charge in [-0.25, -0.2) is 0 Å². The molecule has 0 aliphatic rings. The van der Waals surface area contributed by atoms with Crippen LogP contribution in [0.4, 0.5) is 0 Å². The number of hydrogen-bond acceptors (Lipinski definition) is 2. The summed E-state index contributed by atoms with van der Waals surface area (Å²) >= 11 is 19.2. The van der Waals surface area contributed by atoms with E-state index in [2.05, 4.69) is 22.7 Å². The van der Waals surface area contributed by atoms with E-state index in [0.717, 1.165) is 16.8 Å². The molecule has 92 valence electrons. The minimum Gasteiger partial charge on any atom is -0.331 e. The second-order valence-electron chi connectivity index (χ2n) is 3.89. The predicted molar refractivity (Wildman–Crippen MR) is 80.2 cm³/mol. The second kappa shape index (κ2) is 5.22. The summed E-state index contributed by atoms with van der Waals surface area (Å²) < 4.78 is 2.79. The third-order valence-electron chi connectivity index (χ3n) is 2.61. The van der Waals surface area contributed by atoms with Gasteiger partial charge in [-0.3, -0.25) is 0 Å². The molecule has 0 radical (unpaired) electrons. The van der Waals surface area contributed by atoms with Crippen molar-refractivity contribution < 1.29 is 0 Å². The molecule has 1 N–H and O–H groups in total. The van der Waals surface area contributed by atoms with Gasteiger partial charge >= 0.3 is 0 Å². The van der Waals surface area contributed by atoms with Crippen LogP contribution in [-0.2, 0) is 0 Å². The van der Waals surface area contributed by atoms with Gasteiger partial charge in [-0.05, 0) is 37.5 Å². The summed E-state index contributed by atoms with van der Waals surface area (Å²) in [4.78, 5) is 3.16. The van der Waals surface area contributed by atoms with Gasteiger partial charge in [-0.15, -0.1) is 0 Å². The Balaban J connectivity index is 2.66. The molecule has 1 aromatic carbocycles. The molecule has 0 fully saturated rings. The molecule has 6 heteroatoms. The van der Waals surface area contributed by atoms with Crippen LogP contribution in [0.3, 0.4) is 0 Å². The Morgan fingerprint density at radius 2 is 2.06 bits per heavy atom. The topological polar surface area (TPSA) is 20.7 Å². The monoisotopic (exact) mass is 306 g/mol. The highest BCUT2D eigenvalue weighted by Crippen LogP contribution is 2.29. The molecule has 0 bridgehead atoms. The molecule has 0 aliphatic heterocycles. The predicted octanol–water partition coefficient (Wildman–Crippen LogP) is 4.93. The van der Waals surface area contributed by atoms with Crippen LogP contribution in [0.25, 0.3) is 11.0 Å². The van der Waals surface area contributed by atoms with E-state index in [-0.39, 0.29) is 0 Å². The number of aromatic amines is 1. The maximum absolute atomic E-state index is 6.05. The minimum absolute atomic E-state index is 0.323. The molecule has 0 amide bonds. The van der Waals surface area contributed by atoms with Crippen LogP contribution in [0.1, 0.15) is 13.0 Å². The molecule has 1 atom stereocenters. The lowest BCUT2D eigenvalue weighted by Gasteiger charge is -2.13. The summed E-state index contributed by atoms with van der Waals surface area (Å²) in [6, 6.07) is 4.00. The zero-order valence-electron chi connectivity index (χ0n) is 9.46. The van der Waals surface area contributed by atoms with Crippen molar-refractivity contribution in [2.75, 3.05) is 12.0 Å². The summed E-state index contributed by atoms with van der Waals surface area (Å²) in [6.45, 7) is 2.14. The number of thioether (sulfide) groups is 1. The standard InChI is InChI=1S/C11H12Cl2N2S2/c1-6(5-17-2)15-10-4-8(13)7(12)3-9(10)14-11(15)16/h3-4,6H,5H2,1-2H3,(H,14,16). The largest absolute Gasteiger partial charge is 0.331 e. The number of nitrogens with zero attached hydrogens (tertiary/aromatic N) is 1. The Morgan fingerprint density at radius 1 is 1.41 bits per heavy atom. The zero-order chi connectivity index (χ0) is 12.6. The van der Waals surface area contributed by atoms with E-state index < -0.39 is 0 Å². The molecule has 0 spiro atoms. The maximum Gasteiger partial charge on any atom is 0.178 e. The van der Waals surface area contributed by atoms with Gasteiger partial charge in [0.05, 0.1) is 21.1 Å². The van der Waals surface area contributed by atoms with Gasteiger partial charge in [0.2, 0.25) is 0 Å². The summed E-state index contributed by atoms with van der Waals surface area (Å²) in [5.41, 5.74) is 1.93. The Kier molecular flexibility index (Phi) is 4.08. The average molecular weight is 307 g/mol. The van der Waals surface area contributed by atoms with Crippen molar-refractivity contribution in [1.29, 1.82) is 0 Å². The first kappa shape index (κ1) is 13.3. The summed E-state index contributed by atoms with van der Waals surface area (Å²) in [5, 5.41) is 1.10. The van der Waals surface area contributed by atoms with Crippen LogP contribution in [0.5, 0.6) is 0 Å². The number of nitrogens with one attached hydrogen (secondary N) is 1. The molecule has 2 rings (SSSR count). The van der Waals surface area contributed by atoms with Crippen LogP contribution < -0.4 is 0 Å². The Hall–Kier alpha value is -0.160. The number of rotatable bonds is 3. The van der Waals surface area contributed by atoms with E-state index in [0.29, 0.717) is 20.9 Å². The first-order chi connectivity index (χ1) is 8.04. The second-order valence-corrected chi connectivity index (χ2v) is 6.00. The van der Waals surface area contributed by atoms with E-state index in [4.69, 9.17) is 35.4 Å². The van der Waals surface area contributed by atoms with E-state index >= 15 is 0 Å². The first-order valence-corrected chi connectivity index (χ1v) is 7.68. The van der Waals surface area contributed by atoms with Gasteiger partial charge in [0.1, 0.15) is 0 Å². The fourth-order valence-electron chi connectivity index (χ4n) is 1.87. The molecule has 1 heterocycles. The van der Waals surface area contributed by atoms with Crippen LogP contribution in [0, 0.1) is 4.77 Å². The van der Waals surface area contributed by atoms with Gasteiger partial charge < -0.3 is 9.55 Å². The van der Waals surface area contributed by atoms with Crippen LogP contribution >= 0.6 is 47.2 Å². The molecule has 1 aromatic heterocycles. The number of halogens is 2. The van der Waals surface area contributed by atoms with Gasteiger partial charge in [-0.1, -0.05) is 23.2 Å². The van der Waals surface area contributed by atoms with Crippen LogP contribution in [-0.4, -0.2) is 21.6 Å². The highest BCUT2D eigenvalue weighted by molar-refractivity contribution is 7.98. The van der Waals surface area contributed by atoms with Gasteiger partial charge in [0.25, 0.3) is 0 Å². The third kappa shape index (κ3) is 2.50. The first-order valence-electron chi connectivity index (χ1n) is 5.12. The molecule has 2 nitrogen and oxygen atoms in total. The van der Waals surface area contributed by atoms with E-state index in [1.165, 1.54) is 0 Å². The molecule has 0 aliphatic carbocycles. The van der Waals surface area contributed by atoms with Crippen molar-refractivity contribution in [1.82, 2.24) is 9.55 Å². The molecule has 0 saturated carbocycles. The number of imidazole rings is 1. The van der Waals surface area contributed by atoms with E-state index in [1.807, 2.05) is 12.1 Å². The molecule has 1 unspecified atom stereocenters. The van der Waals surface area contributed by atoms with Crippen molar-refractivity contribution in [3.05, 3.63) is 26.9 Å². The van der Waals surface area contributed by atoms with Crippen molar-refractivity contribution >= 4 is 58.2 Å². The van der Waals surface area contributed by atoms with Gasteiger partial charge in [-0.2, -0.15) is 11.8 Å².